The average molecular weight is 430 g/mol. The zero-order chi connectivity index (χ0) is 20.9. The molecule has 2 aromatic carbocycles. The van der Waals surface area contributed by atoms with Crippen molar-refractivity contribution in [3.8, 4) is 0 Å². The maximum absolute atomic E-state index is 13.2. The molecule has 1 heterocycles. The van der Waals surface area contributed by atoms with E-state index >= 15 is 0 Å². The van der Waals surface area contributed by atoms with Gasteiger partial charge >= 0.3 is 0 Å². The van der Waals surface area contributed by atoms with Gasteiger partial charge in [0, 0.05) is 24.2 Å². The molecular weight excluding hydrogens is 406 g/mol. The highest BCUT2D eigenvalue weighted by Crippen LogP contribution is 2.26. The van der Waals surface area contributed by atoms with Gasteiger partial charge in [0.05, 0.1) is 4.90 Å². The van der Waals surface area contributed by atoms with Crippen molar-refractivity contribution in [2.75, 3.05) is 10.8 Å². The van der Waals surface area contributed by atoms with Crippen LogP contribution < -0.4 is 4.31 Å². The zero-order valence-corrected chi connectivity index (χ0v) is 17.9. The Balaban J connectivity index is 1.90. The van der Waals surface area contributed by atoms with Crippen molar-refractivity contribution in [2.24, 2.45) is 0 Å². The van der Waals surface area contributed by atoms with E-state index in [1.165, 1.54) is 29.7 Å². The number of amides is 1. The number of hydrogen-bond donors (Lipinski definition) is 0. The maximum atomic E-state index is 13.2. The van der Waals surface area contributed by atoms with Crippen LogP contribution >= 0.6 is 11.3 Å². The molecule has 0 N–H and O–H groups in total. The molecular formula is C21H23N3O3S2. The second-order valence-electron chi connectivity index (χ2n) is 6.74. The fourth-order valence-corrected chi connectivity index (χ4v) is 5.13. The van der Waals surface area contributed by atoms with E-state index in [0.717, 1.165) is 9.87 Å². The molecule has 0 aliphatic carbocycles. The largest absolute Gasteiger partial charge is 0.334 e. The van der Waals surface area contributed by atoms with E-state index in [2.05, 4.69) is 4.98 Å². The molecule has 8 heteroatoms. The highest BCUT2D eigenvalue weighted by molar-refractivity contribution is 7.93. The minimum atomic E-state index is -3.92. The summed E-state index contributed by atoms with van der Waals surface area (Å²) in [6, 6.07) is 17.7. The van der Waals surface area contributed by atoms with Crippen LogP contribution in [0.3, 0.4) is 0 Å². The molecule has 6 nitrogen and oxygen atoms in total. The first-order valence-corrected chi connectivity index (χ1v) is 11.5. The van der Waals surface area contributed by atoms with Crippen LogP contribution in [0.25, 0.3) is 0 Å². The monoisotopic (exact) mass is 429 g/mol. The predicted octanol–water partition coefficient (Wildman–Crippen LogP) is 3.78. The minimum absolute atomic E-state index is 0.0831. The Labute approximate surface area is 175 Å². The fraction of sp³-hybridized carbons (Fsp3) is 0.238. The van der Waals surface area contributed by atoms with Gasteiger partial charge in [0.25, 0.3) is 10.0 Å². The lowest BCUT2D eigenvalue weighted by Crippen LogP contribution is -2.45. The number of thiazole rings is 1. The molecule has 1 aromatic heterocycles. The van der Waals surface area contributed by atoms with E-state index in [4.69, 9.17) is 0 Å². The number of anilines is 1. The van der Waals surface area contributed by atoms with E-state index in [0.29, 0.717) is 6.54 Å². The van der Waals surface area contributed by atoms with E-state index in [1.54, 1.807) is 28.5 Å². The third-order valence-electron chi connectivity index (χ3n) is 4.38. The smallest absolute Gasteiger partial charge is 0.266 e. The molecule has 0 unspecified atom stereocenters. The third kappa shape index (κ3) is 5.02. The summed E-state index contributed by atoms with van der Waals surface area (Å²) >= 11 is 1.18. The van der Waals surface area contributed by atoms with Crippen LogP contribution in [0.4, 0.5) is 5.13 Å². The number of carbonyl (C=O) groups excluding carboxylic acids is 1. The number of hydrogen-bond acceptors (Lipinski definition) is 5. The van der Waals surface area contributed by atoms with Crippen LogP contribution in [-0.2, 0) is 21.4 Å². The predicted molar refractivity (Wildman–Crippen MR) is 115 cm³/mol. The first-order chi connectivity index (χ1) is 13.9. The Kier molecular flexibility index (Phi) is 6.66. The van der Waals surface area contributed by atoms with Gasteiger partial charge in [0.1, 0.15) is 6.54 Å². The molecule has 3 rings (SSSR count). The first kappa shape index (κ1) is 21.0. The molecule has 0 aliphatic heterocycles. The van der Waals surface area contributed by atoms with Crippen molar-refractivity contribution < 1.29 is 13.2 Å². The Morgan fingerprint density at radius 2 is 1.66 bits per heavy atom. The highest BCUT2D eigenvalue weighted by Gasteiger charge is 2.31. The fourth-order valence-electron chi connectivity index (χ4n) is 2.87. The van der Waals surface area contributed by atoms with Crippen LogP contribution in [-0.4, -0.2) is 36.8 Å². The summed E-state index contributed by atoms with van der Waals surface area (Å²) in [4.78, 5) is 19.1. The van der Waals surface area contributed by atoms with Crippen LogP contribution in [0.1, 0.15) is 19.4 Å². The molecule has 152 valence electrons. The molecule has 0 saturated heterocycles. The van der Waals surface area contributed by atoms with Crippen molar-refractivity contribution in [1.29, 1.82) is 0 Å². The highest BCUT2D eigenvalue weighted by atomic mass is 32.2. The molecule has 0 bridgehead atoms. The molecule has 0 atom stereocenters. The van der Waals surface area contributed by atoms with Gasteiger partial charge < -0.3 is 4.90 Å². The summed E-state index contributed by atoms with van der Waals surface area (Å²) in [5.41, 5.74) is 0.987. The summed E-state index contributed by atoms with van der Waals surface area (Å²) in [7, 11) is -3.92. The summed E-state index contributed by atoms with van der Waals surface area (Å²) in [6.07, 6.45) is 1.53. The van der Waals surface area contributed by atoms with Crippen molar-refractivity contribution in [1.82, 2.24) is 9.88 Å². The van der Waals surface area contributed by atoms with Gasteiger partial charge in [-0.3, -0.25) is 4.79 Å². The first-order valence-electron chi connectivity index (χ1n) is 9.20. The van der Waals surface area contributed by atoms with Crippen LogP contribution in [0.2, 0.25) is 0 Å². The number of benzene rings is 2. The van der Waals surface area contributed by atoms with Crippen LogP contribution in [0.5, 0.6) is 0 Å². The lowest BCUT2D eigenvalue weighted by atomic mass is 10.2. The van der Waals surface area contributed by atoms with E-state index in [-0.39, 0.29) is 28.5 Å². The van der Waals surface area contributed by atoms with Gasteiger partial charge in [-0.2, -0.15) is 0 Å². The third-order valence-corrected chi connectivity index (χ3v) is 7.04. The van der Waals surface area contributed by atoms with Crippen molar-refractivity contribution in [3.05, 3.63) is 77.8 Å². The minimum Gasteiger partial charge on any atom is -0.334 e. The van der Waals surface area contributed by atoms with Gasteiger partial charge in [-0.05, 0) is 31.5 Å². The van der Waals surface area contributed by atoms with Gasteiger partial charge in [-0.15, -0.1) is 11.3 Å². The van der Waals surface area contributed by atoms with Crippen LogP contribution in [0.15, 0.2) is 77.1 Å². The van der Waals surface area contributed by atoms with E-state index in [1.807, 2.05) is 44.2 Å². The maximum Gasteiger partial charge on any atom is 0.266 e. The number of nitrogens with zero attached hydrogens (tertiary/aromatic N) is 3. The van der Waals surface area contributed by atoms with Crippen molar-refractivity contribution in [2.45, 2.75) is 31.3 Å². The Morgan fingerprint density at radius 1 is 1.03 bits per heavy atom. The van der Waals surface area contributed by atoms with Crippen LogP contribution in [0, 0.1) is 0 Å². The van der Waals surface area contributed by atoms with Gasteiger partial charge in [-0.1, -0.05) is 48.5 Å². The van der Waals surface area contributed by atoms with E-state index in [9.17, 15) is 13.2 Å². The number of rotatable bonds is 8. The second-order valence-corrected chi connectivity index (χ2v) is 9.48. The number of sulfonamides is 1. The number of aromatic nitrogens is 1. The molecule has 0 aliphatic rings. The molecule has 0 radical (unpaired) electrons. The van der Waals surface area contributed by atoms with E-state index < -0.39 is 10.0 Å². The standard InChI is InChI=1S/C21H23N3O3S2/c1-17(2)23(15-18-9-5-3-6-10-18)20(25)16-24(21-22-13-14-28-21)29(26,27)19-11-7-4-8-12-19/h3-14,17H,15-16H2,1-2H3. The summed E-state index contributed by atoms with van der Waals surface area (Å²) < 4.78 is 27.6. The normalized spacial score (nSPS) is 11.4. The molecule has 1 amide bonds. The molecule has 0 saturated carbocycles. The SMILES string of the molecule is CC(C)N(Cc1ccccc1)C(=O)CN(c1nccs1)S(=O)(=O)c1ccccc1. The summed E-state index contributed by atoms with van der Waals surface area (Å²) in [6.45, 7) is 3.94. The Hall–Kier alpha value is -2.71. The topological polar surface area (TPSA) is 70.6 Å². The molecule has 0 spiro atoms. The summed E-state index contributed by atoms with van der Waals surface area (Å²) in [5, 5.41) is 1.96. The Morgan fingerprint density at radius 3 is 2.21 bits per heavy atom. The van der Waals surface area contributed by atoms with Crippen molar-refractivity contribution >= 4 is 32.4 Å². The second kappa shape index (κ2) is 9.19. The number of carbonyl (C=O) groups is 1. The summed E-state index contributed by atoms with van der Waals surface area (Å²) in [5.74, 6) is -0.279. The zero-order valence-electron chi connectivity index (χ0n) is 16.3. The van der Waals surface area contributed by atoms with Gasteiger partial charge in [-0.25, -0.2) is 17.7 Å². The quantitative estimate of drug-likeness (QED) is 0.546. The lowest BCUT2D eigenvalue weighted by Gasteiger charge is -2.30. The van der Waals surface area contributed by atoms with Crippen molar-refractivity contribution in [3.63, 3.8) is 0 Å². The van der Waals surface area contributed by atoms with Gasteiger partial charge in [0.15, 0.2) is 5.13 Å². The Bertz CT molecular complexity index is 1020. The molecule has 3 aromatic rings. The van der Waals surface area contributed by atoms with Gasteiger partial charge in [0.2, 0.25) is 5.91 Å². The lowest BCUT2D eigenvalue weighted by molar-refractivity contribution is -0.131. The average Bonchev–Trinajstić information content (AvgIpc) is 3.25. The molecule has 0 fully saturated rings. The molecule has 29 heavy (non-hydrogen) atoms.